The van der Waals surface area contributed by atoms with Crippen LogP contribution in [0.5, 0.6) is 17.2 Å². The molecule has 0 spiro atoms. The smallest absolute Gasteiger partial charge is 0.316 e. The van der Waals surface area contributed by atoms with E-state index in [2.05, 4.69) is 0 Å². The molecule has 156 valence electrons. The van der Waals surface area contributed by atoms with Crippen LogP contribution in [0.4, 0.5) is 0 Å². The van der Waals surface area contributed by atoms with Gasteiger partial charge in [-0.25, -0.2) is 0 Å². The summed E-state index contributed by atoms with van der Waals surface area (Å²) in [6.45, 7) is 0. The van der Waals surface area contributed by atoms with Crippen LogP contribution in [0.3, 0.4) is 0 Å². The molecule has 9 heteroatoms. The number of allylic oxidation sites excluding steroid dienone is 1. The van der Waals surface area contributed by atoms with Gasteiger partial charge in [0.2, 0.25) is 11.8 Å². The molecule has 0 N–H and O–H groups in total. The fraction of sp³-hybridized carbons (Fsp3) is 0.500. The lowest BCUT2D eigenvalue weighted by atomic mass is 9.72. The van der Waals surface area contributed by atoms with Crippen LogP contribution in [0.25, 0.3) is 0 Å². The Kier molecular flexibility index (Phi) is 5.76. The van der Waals surface area contributed by atoms with Crippen molar-refractivity contribution in [1.82, 2.24) is 0 Å². The second-order valence-electron chi connectivity index (χ2n) is 6.92. The lowest BCUT2D eigenvalue weighted by molar-refractivity contribution is -0.533. The molecule has 0 saturated carbocycles. The van der Waals surface area contributed by atoms with Gasteiger partial charge in [0.25, 0.3) is 0 Å². The maximum Gasteiger partial charge on any atom is 0.316 e. The Bertz CT molecular complexity index is 891. The van der Waals surface area contributed by atoms with Crippen molar-refractivity contribution in [2.24, 2.45) is 5.92 Å². The Morgan fingerprint density at radius 3 is 2.34 bits per heavy atom. The number of ether oxygens (including phenoxy) is 4. The summed E-state index contributed by atoms with van der Waals surface area (Å²) in [4.78, 5) is 36.7. The lowest BCUT2D eigenvalue weighted by Crippen LogP contribution is -2.43. The molecule has 2 aliphatic carbocycles. The fourth-order valence-electron chi connectivity index (χ4n) is 4.38. The van der Waals surface area contributed by atoms with Crippen LogP contribution < -0.4 is 14.2 Å². The minimum Gasteiger partial charge on any atom is -0.493 e. The van der Waals surface area contributed by atoms with Gasteiger partial charge in [0.05, 0.1) is 34.4 Å². The second-order valence-corrected chi connectivity index (χ2v) is 6.92. The van der Waals surface area contributed by atoms with Gasteiger partial charge in [-0.15, -0.1) is 0 Å². The van der Waals surface area contributed by atoms with Crippen molar-refractivity contribution < 1.29 is 33.5 Å². The summed E-state index contributed by atoms with van der Waals surface area (Å²) in [6.07, 6.45) is 2.26. The van der Waals surface area contributed by atoms with E-state index in [0.29, 0.717) is 28.9 Å². The summed E-state index contributed by atoms with van der Waals surface area (Å²) in [7, 11) is 5.54. The van der Waals surface area contributed by atoms with Gasteiger partial charge >= 0.3 is 5.97 Å². The van der Waals surface area contributed by atoms with Gasteiger partial charge in [0.15, 0.2) is 17.3 Å². The molecule has 2 aliphatic rings. The number of rotatable bonds is 5. The number of fused-ring (bicyclic) bond motifs is 3. The Hall–Kier alpha value is -3.10. The molecule has 29 heavy (non-hydrogen) atoms. The Morgan fingerprint density at radius 1 is 1.10 bits per heavy atom. The molecule has 3 unspecified atom stereocenters. The number of nitrogens with zero attached hydrogens (tertiary/aromatic N) is 1. The second kappa shape index (κ2) is 8.10. The quantitative estimate of drug-likeness (QED) is 0.415. The van der Waals surface area contributed by atoms with Crippen molar-refractivity contribution in [1.29, 1.82) is 0 Å². The number of carbonyl (C=O) groups is 2. The predicted octanol–water partition coefficient (Wildman–Crippen LogP) is 2.08. The van der Waals surface area contributed by atoms with Crippen molar-refractivity contribution in [3.8, 4) is 17.2 Å². The monoisotopic (exact) mass is 405 g/mol. The van der Waals surface area contributed by atoms with Crippen LogP contribution in [0, 0.1) is 16.0 Å². The first kappa shape index (κ1) is 20.6. The van der Waals surface area contributed by atoms with E-state index in [9.17, 15) is 19.7 Å². The summed E-state index contributed by atoms with van der Waals surface area (Å²) in [5.74, 6) is -1.88. The Balaban J connectivity index is 2.34. The van der Waals surface area contributed by atoms with E-state index in [4.69, 9.17) is 18.9 Å². The summed E-state index contributed by atoms with van der Waals surface area (Å²) in [5, 5.41) is 12.1. The number of esters is 1. The van der Waals surface area contributed by atoms with Crippen molar-refractivity contribution in [3.05, 3.63) is 39.0 Å². The highest BCUT2D eigenvalue weighted by atomic mass is 16.6. The number of carbonyl (C=O) groups excluding carboxylic acids is 2. The lowest BCUT2D eigenvalue weighted by Gasteiger charge is -2.32. The number of aryl methyl sites for hydroxylation is 1. The molecule has 1 aromatic carbocycles. The SMILES string of the molecule is COC(=O)C1CC=C2C(=O)CCc3cc(OC)c(OC)c(OC)c3C2C1[N+](=O)[O-]. The third-order valence-corrected chi connectivity index (χ3v) is 5.64. The number of benzene rings is 1. The van der Waals surface area contributed by atoms with Gasteiger partial charge in [-0.1, -0.05) is 6.08 Å². The van der Waals surface area contributed by atoms with Crippen LogP contribution >= 0.6 is 0 Å². The first-order chi connectivity index (χ1) is 13.9. The molecule has 9 nitrogen and oxygen atoms in total. The highest BCUT2D eigenvalue weighted by Crippen LogP contribution is 2.52. The van der Waals surface area contributed by atoms with Crippen molar-refractivity contribution >= 4 is 11.8 Å². The molecule has 0 heterocycles. The minimum atomic E-state index is -1.37. The molecule has 0 aromatic heterocycles. The predicted molar refractivity (Wildman–Crippen MR) is 101 cm³/mol. The number of Topliss-reactive ketones (excluding diaryl/α,β-unsaturated/α-hetero) is 1. The first-order valence-electron chi connectivity index (χ1n) is 9.15. The zero-order valence-electron chi connectivity index (χ0n) is 16.7. The normalized spacial score (nSPS) is 23.1. The van der Waals surface area contributed by atoms with Gasteiger partial charge in [-0.2, -0.15) is 0 Å². The van der Waals surface area contributed by atoms with Crippen LogP contribution in [0.2, 0.25) is 0 Å². The number of nitro groups is 1. The minimum absolute atomic E-state index is 0.0703. The zero-order chi connectivity index (χ0) is 21.3. The molecule has 3 rings (SSSR count). The molecule has 0 saturated heterocycles. The van der Waals surface area contributed by atoms with Gasteiger partial charge in [0.1, 0.15) is 5.92 Å². The molecule has 0 radical (unpaired) electrons. The highest BCUT2D eigenvalue weighted by Gasteiger charge is 2.52. The third-order valence-electron chi connectivity index (χ3n) is 5.64. The summed E-state index contributed by atoms with van der Waals surface area (Å²) in [5.41, 5.74) is 1.51. The number of methoxy groups -OCH3 is 4. The van der Waals surface area contributed by atoms with Crippen LogP contribution in [0.15, 0.2) is 17.7 Å². The molecule has 0 aliphatic heterocycles. The highest BCUT2D eigenvalue weighted by molar-refractivity contribution is 5.99. The standard InChI is InChI=1S/C20H23NO8/c1-26-14-9-10-5-8-13(22)11-6-7-12(20(23)29-4)17(21(24)25)16(11)15(10)19(28-3)18(14)27-2/h6,9,12,16-17H,5,7-8H2,1-4H3. The Labute approximate surface area is 167 Å². The largest absolute Gasteiger partial charge is 0.493 e. The van der Waals surface area contributed by atoms with E-state index in [1.165, 1.54) is 28.4 Å². The van der Waals surface area contributed by atoms with E-state index in [1.807, 2.05) is 0 Å². The molecule has 3 atom stereocenters. The Morgan fingerprint density at radius 2 is 1.79 bits per heavy atom. The van der Waals surface area contributed by atoms with E-state index in [0.717, 1.165) is 0 Å². The van der Waals surface area contributed by atoms with Crippen molar-refractivity contribution in [2.75, 3.05) is 28.4 Å². The molecule has 1 aromatic rings. The number of hydrogen-bond acceptors (Lipinski definition) is 8. The van der Waals surface area contributed by atoms with Crippen LogP contribution in [0.1, 0.15) is 29.9 Å². The average molecular weight is 405 g/mol. The van der Waals surface area contributed by atoms with Crippen molar-refractivity contribution in [2.45, 2.75) is 31.2 Å². The molecular formula is C20H23NO8. The van der Waals surface area contributed by atoms with E-state index >= 15 is 0 Å². The van der Waals surface area contributed by atoms with Gasteiger partial charge in [-0.3, -0.25) is 19.7 Å². The molecular weight excluding hydrogens is 382 g/mol. The van der Waals surface area contributed by atoms with Gasteiger partial charge in [-0.05, 0) is 24.5 Å². The molecule has 0 amide bonds. The molecule has 0 bridgehead atoms. The summed E-state index contributed by atoms with van der Waals surface area (Å²) in [6, 6.07) is 0.348. The van der Waals surface area contributed by atoms with Gasteiger partial charge < -0.3 is 18.9 Å². The first-order valence-corrected chi connectivity index (χ1v) is 9.15. The van der Waals surface area contributed by atoms with Gasteiger partial charge in [0, 0.05) is 22.5 Å². The van der Waals surface area contributed by atoms with Crippen molar-refractivity contribution in [3.63, 3.8) is 0 Å². The third kappa shape index (κ3) is 3.30. The molecule has 0 fully saturated rings. The number of ketones is 1. The summed E-state index contributed by atoms with van der Waals surface area (Å²) < 4.78 is 21.2. The van der Waals surface area contributed by atoms with E-state index in [1.54, 1.807) is 12.1 Å². The van der Waals surface area contributed by atoms with Crippen LogP contribution in [-0.2, 0) is 20.7 Å². The topological polar surface area (TPSA) is 114 Å². The van der Waals surface area contributed by atoms with E-state index < -0.39 is 28.8 Å². The zero-order valence-corrected chi connectivity index (χ0v) is 16.7. The van der Waals surface area contributed by atoms with Crippen LogP contribution in [-0.4, -0.2) is 51.2 Å². The maximum absolute atomic E-state index is 12.8. The van der Waals surface area contributed by atoms with E-state index in [-0.39, 0.29) is 30.1 Å². The maximum atomic E-state index is 12.8. The average Bonchev–Trinajstić information content (AvgIpc) is 2.87. The number of hydrogen-bond donors (Lipinski definition) is 0. The summed E-state index contributed by atoms with van der Waals surface area (Å²) >= 11 is 0. The fourth-order valence-corrected chi connectivity index (χ4v) is 4.38.